The van der Waals surface area contributed by atoms with Gasteiger partial charge >= 0.3 is 12.1 Å². The standard InChI is InChI=1S/C36H45NO5Si/c1-6-40-34(38)25-24-33-28(2)22-23-30(37(33)35(39)41-26-29-16-10-7-11-17-29)27-42-43(36(3,4)5,31-18-12-8-13-19-31)32-20-14-9-15-21-32/h7-21,24-25,28,30,33H,6,22-23,26-27H2,1-5H3/b25-24+/t28-,30+,33+/m1/s1. The van der Waals surface area contributed by atoms with E-state index in [0.717, 1.165) is 18.4 Å². The fourth-order valence-electron chi connectivity index (χ4n) is 6.14. The maximum absolute atomic E-state index is 13.9. The fraction of sp³-hybridized carbons (Fsp3) is 0.389. The van der Waals surface area contributed by atoms with Crippen LogP contribution in [0.15, 0.2) is 103 Å². The third kappa shape index (κ3) is 7.64. The van der Waals surface area contributed by atoms with Gasteiger partial charge in [0, 0.05) is 6.08 Å². The molecule has 228 valence electrons. The lowest BCUT2D eigenvalue weighted by Gasteiger charge is -2.47. The topological polar surface area (TPSA) is 65.1 Å². The van der Waals surface area contributed by atoms with Gasteiger partial charge in [-0.25, -0.2) is 9.59 Å². The van der Waals surface area contributed by atoms with Crippen molar-refractivity contribution in [1.29, 1.82) is 0 Å². The van der Waals surface area contributed by atoms with Crippen molar-refractivity contribution in [2.24, 2.45) is 5.92 Å². The zero-order chi connectivity index (χ0) is 30.9. The highest BCUT2D eigenvalue weighted by Gasteiger charge is 2.51. The van der Waals surface area contributed by atoms with Crippen LogP contribution in [0.1, 0.15) is 53.0 Å². The van der Waals surface area contributed by atoms with Crippen LogP contribution >= 0.6 is 0 Å². The Labute approximate surface area is 257 Å². The van der Waals surface area contributed by atoms with Gasteiger partial charge in [0.25, 0.3) is 8.32 Å². The van der Waals surface area contributed by atoms with Crippen molar-refractivity contribution in [2.45, 2.75) is 71.2 Å². The van der Waals surface area contributed by atoms with Crippen molar-refractivity contribution in [3.05, 3.63) is 109 Å². The number of likely N-dealkylation sites (tertiary alicyclic amines) is 1. The van der Waals surface area contributed by atoms with Crippen molar-refractivity contribution in [1.82, 2.24) is 4.90 Å². The average Bonchev–Trinajstić information content (AvgIpc) is 3.01. The van der Waals surface area contributed by atoms with E-state index in [2.05, 4.69) is 76.2 Å². The summed E-state index contributed by atoms with van der Waals surface area (Å²) >= 11 is 0. The molecular formula is C36H45NO5Si. The number of nitrogens with zero attached hydrogens (tertiary/aromatic N) is 1. The molecule has 3 aromatic rings. The highest BCUT2D eigenvalue weighted by atomic mass is 28.4. The zero-order valence-corrected chi connectivity index (χ0v) is 27.1. The molecule has 0 radical (unpaired) electrons. The van der Waals surface area contributed by atoms with Crippen LogP contribution in [0.3, 0.4) is 0 Å². The van der Waals surface area contributed by atoms with E-state index in [9.17, 15) is 9.59 Å². The van der Waals surface area contributed by atoms with Gasteiger partial charge in [0.2, 0.25) is 0 Å². The van der Waals surface area contributed by atoms with Crippen LogP contribution in [0.4, 0.5) is 4.79 Å². The Balaban J connectivity index is 1.70. The highest BCUT2D eigenvalue weighted by Crippen LogP contribution is 2.38. The molecular weight excluding hydrogens is 554 g/mol. The number of carbonyl (C=O) groups is 2. The molecule has 1 amide bonds. The Morgan fingerprint density at radius 3 is 1.95 bits per heavy atom. The quantitative estimate of drug-likeness (QED) is 0.152. The first-order valence-corrected chi connectivity index (χ1v) is 17.2. The van der Waals surface area contributed by atoms with E-state index in [-0.39, 0.29) is 29.6 Å². The molecule has 0 bridgehead atoms. The summed E-state index contributed by atoms with van der Waals surface area (Å²) in [7, 11) is -2.83. The largest absolute Gasteiger partial charge is 0.463 e. The van der Waals surface area contributed by atoms with Gasteiger partial charge in [0.05, 0.1) is 25.3 Å². The molecule has 1 heterocycles. The number of carbonyl (C=O) groups excluding carboxylic acids is 2. The summed E-state index contributed by atoms with van der Waals surface area (Å²) in [6, 6.07) is 30.1. The third-order valence-electron chi connectivity index (χ3n) is 8.29. The van der Waals surface area contributed by atoms with Crippen LogP contribution in [0.5, 0.6) is 0 Å². The van der Waals surface area contributed by atoms with Crippen LogP contribution in [0, 0.1) is 5.92 Å². The number of benzene rings is 3. The van der Waals surface area contributed by atoms with Gasteiger partial charge in [-0.05, 0) is 46.7 Å². The van der Waals surface area contributed by atoms with Crippen molar-refractivity contribution >= 4 is 30.8 Å². The van der Waals surface area contributed by atoms with Crippen molar-refractivity contribution < 1.29 is 23.5 Å². The molecule has 1 aliphatic heterocycles. The monoisotopic (exact) mass is 599 g/mol. The number of amides is 1. The van der Waals surface area contributed by atoms with E-state index in [0.29, 0.717) is 13.2 Å². The van der Waals surface area contributed by atoms with Gasteiger partial charge in [0.1, 0.15) is 6.61 Å². The Kier molecular flexibility index (Phi) is 11.0. The maximum atomic E-state index is 13.9. The fourth-order valence-corrected chi connectivity index (χ4v) is 10.7. The lowest BCUT2D eigenvalue weighted by molar-refractivity contribution is -0.137. The normalized spacial score (nSPS) is 19.3. The molecule has 3 atom stereocenters. The van der Waals surface area contributed by atoms with Crippen LogP contribution in [0.25, 0.3) is 0 Å². The Bertz CT molecular complexity index is 1300. The zero-order valence-electron chi connectivity index (χ0n) is 26.1. The van der Waals surface area contributed by atoms with E-state index < -0.39 is 20.4 Å². The molecule has 0 aliphatic carbocycles. The number of ether oxygens (including phenoxy) is 2. The molecule has 1 saturated heterocycles. The van der Waals surface area contributed by atoms with Crippen LogP contribution in [-0.2, 0) is 25.3 Å². The predicted molar refractivity (Wildman–Crippen MR) is 174 cm³/mol. The summed E-state index contributed by atoms with van der Waals surface area (Å²) in [5.41, 5.74) is 0.916. The van der Waals surface area contributed by atoms with Gasteiger partial charge in [0.15, 0.2) is 0 Å². The van der Waals surface area contributed by atoms with Crippen molar-refractivity contribution in [2.75, 3.05) is 13.2 Å². The van der Waals surface area contributed by atoms with Gasteiger partial charge in [-0.1, -0.05) is 125 Å². The number of rotatable bonds is 10. The molecule has 3 aromatic carbocycles. The second-order valence-electron chi connectivity index (χ2n) is 12.2. The summed E-state index contributed by atoms with van der Waals surface area (Å²) in [6.07, 6.45) is 4.47. The Hall–Kier alpha value is -3.68. The summed E-state index contributed by atoms with van der Waals surface area (Å²) in [4.78, 5) is 28.0. The molecule has 7 heteroatoms. The molecule has 6 nitrogen and oxygen atoms in total. The summed E-state index contributed by atoms with van der Waals surface area (Å²) < 4.78 is 18.3. The lowest BCUT2D eigenvalue weighted by atomic mass is 9.87. The molecule has 0 unspecified atom stereocenters. The predicted octanol–water partition coefficient (Wildman–Crippen LogP) is 6.49. The molecule has 0 saturated carbocycles. The molecule has 0 spiro atoms. The van der Waals surface area contributed by atoms with Crippen LogP contribution in [-0.4, -0.2) is 50.6 Å². The number of hydrogen-bond donors (Lipinski definition) is 0. The number of piperidine rings is 1. The first-order chi connectivity index (χ1) is 20.7. The molecule has 1 fully saturated rings. The van der Waals surface area contributed by atoms with E-state index in [1.165, 1.54) is 16.4 Å². The Morgan fingerprint density at radius 2 is 1.42 bits per heavy atom. The molecule has 4 rings (SSSR count). The third-order valence-corrected chi connectivity index (χ3v) is 13.3. The van der Waals surface area contributed by atoms with E-state index in [1.54, 1.807) is 17.9 Å². The minimum atomic E-state index is -2.83. The van der Waals surface area contributed by atoms with E-state index in [1.807, 2.05) is 42.5 Å². The molecule has 0 N–H and O–H groups in total. The maximum Gasteiger partial charge on any atom is 0.410 e. The van der Waals surface area contributed by atoms with Gasteiger partial charge < -0.3 is 13.9 Å². The average molecular weight is 600 g/mol. The first kappa shape index (κ1) is 32.2. The van der Waals surface area contributed by atoms with E-state index in [4.69, 9.17) is 13.9 Å². The van der Waals surface area contributed by atoms with Crippen molar-refractivity contribution in [3.63, 3.8) is 0 Å². The molecule has 1 aliphatic rings. The molecule has 43 heavy (non-hydrogen) atoms. The summed E-state index contributed by atoms with van der Waals surface area (Å²) in [6.45, 7) is 11.4. The number of hydrogen-bond acceptors (Lipinski definition) is 5. The van der Waals surface area contributed by atoms with Crippen molar-refractivity contribution in [3.8, 4) is 0 Å². The lowest BCUT2D eigenvalue weighted by Crippen LogP contribution is -2.68. The first-order valence-electron chi connectivity index (χ1n) is 15.3. The minimum Gasteiger partial charge on any atom is -0.463 e. The second-order valence-corrected chi connectivity index (χ2v) is 16.5. The van der Waals surface area contributed by atoms with Crippen LogP contribution in [0.2, 0.25) is 5.04 Å². The van der Waals surface area contributed by atoms with Gasteiger partial charge in [-0.3, -0.25) is 4.90 Å². The summed E-state index contributed by atoms with van der Waals surface area (Å²) in [5, 5.41) is 2.18. The van der Waals surface area contributed by atoms with Gasteiger partial charge in [-0.15, -0.1) is 0 Å². The smallest absolute Gasteiger partial charge is 0.410 e. The number of esters is 1. The molecule has 0 aromatic heterocycles. The highest BCUT2D eigenvalue weighted by molar-refractivity contribution is 6.99. The second kappa shape index (κ2) is 14.7. The van der Waals surface area contributed by atoms with E-state index >= 15 is 0 Å². The van der Waals surface area contributed by atoms with Gasteiger partial charge in [-0.2, -0.15) is 0 Å². The minimum absolute atomic E-state index is 0.124. The van der Waals surface area contributed by atoms with Crippen LogP contribution < -0.4 is 10.4 Å². The SMILES string of the molecule is CCOC(=O)/C=C/[C@H]1[C@H](C)CC[C@@H](CO[Si](c2ccccc2)(c2ccccc2)C(C)(C)C)N1C(=O)OCc1ccccc1. The Morgan fingerprint density at radius 1 is 0.860 bits per heavy atom. The summed E-state index contributed by atoms with van der Waals surface area (Å²) in [5.74, 6) is -0.294.